The second kappa shape index (κ2) is 4.37. The Labute approximate surface area is 100 Å². The first-order valence-electron chi connectivity index (χ1n) is 6.22. The van der Waals surface area contributed by atoms with Crippen LogP contribution in [-0.2, 0) is 0 Å². The van der Waals surface area contributed by atoms with Crippen LogP contribution in [0.2, 0.25) is 0 Å². The molecule has 16 heavy (non-hydrogen) atoms. The number of aliphatic hydroxyl groups is 1. The Morgan fingerprint density at radius 3 is 2.44 bits per heavy atom. The molecule has 1 nitrogen and oxygen atoms in total. The van der Waals surface area contributed by atoms with Crippen LogP contribution in [0.1, 0.15) is 48.0 Å². The predicted molar refractivity (Wildman–Crippen MR) is 70.2 cm³/mol. The first-order valence-corrected chi connectivity index (χ1v) is 6.22. The van der Waals surface area contributed by atoms with Crippen molar-refractivity contribution in [2.24, 2.45) is 16.7 Å². The van der Waals surface area contributed by atoms with E-state index in [9.17, 15) is 5.11 Å². The fourth-order valence-corrected chi connectivity index (χ4v) is 1.98. The summed E-state index contributed by atoms with van der Waals surface area (Å²) in [6.07, 6.45) is 7.63. The Kier molecular flexibility index (Phi) is 3.69. The molecular weight excluding hydrogens is 196 g/mol. The largest absolute Gasteiger partial charge is 0.393 e. The fourth-order valence-electron chi connectivity index (χ4n) is 1.98. The Morgan fingerprint density at radius 1 is 1.50 bits per heavy atom. The lowest BCUT2D eigenvalue weighted by Gasteiger charge is -2.29. The number of aliphatic hydroxyl groups excluding tert-OH is 1. The van der Waals surface area contributed by atoms with Crippen molar-refractivity contribution in [1.82, 2.24) is 0 Å². The zero-order valence-corrected chi connectivity index (χ0v) is 11.5. The van der Waals surface area contributed by atoms with E-state index in [4.69, 9.17) is 0 Å². The summed E-state index contributed by atoms with van der Waals surface area (Å²) in [7, 11) is 0. The van der Waals surface area contributed by atoms with Crippen molar-refractivity contribution in [3.63, 3.8) is 0 Å². The Balaban J connectivity index is 2.74. The summed E-state index contributed by atoms with van der Waals surface area (Å²) in [5.74, 6) is 0.575. The molecule has 0 aromatic carbocycles. The van der Waals surface area contributed by atoms with Crippen LogP contribution in [0.15, 0.2) is 23.8 Å². The van der Waals surface area contributed by atoms with E-state index in [0.717, 1.165) is 6.42 Å². The molecule has 0 aromatic heterocycles. The summed E-state index contributed by atoms with van der Waals surface area (Å²) in [6.45, 7) is 12.8. The SMILES string of the molecule is CC1=CC[C@@H](/C=C/C(C)(C)[C@H](C)O)C1(C)C. The quantitative estimate of drug-likeness (QED) is 0.717. The molecule has 1 aliphatic rings. The lowest BCUT2D eigenvalue weighted by atomic mass is 9.76. The van der Waals surface area contributed by atoms with Gasteiger partial charge in [-0.3, -0.25) is 0 Å². The van der Waals surface area contributed by atoms with Gasteiger partial charge in [0.2, 0.25) is 0 Å². The highest BCUT2D eigenvalue weighted by molar-refractivity contribution is 5.22. The second-order valence-corrected chi connectivity index (χ2v) is 6.31. The first kappa shape index (κ1) is 13.5. The van der Waals surface area contributed by atoms with Crippen LogP contribution >= 0.6 is 0 Å². The third-order valence-corrected chi connectivity index (χ3v) is 4.46. The van der Waals surface area contributed by atoms with E-state index in [1.54, 1.807) is 0 Å². The Bertz CT molecular complexity index is 305. The van der Waals surface area contributed by atoms with Gasteiger partial charge in [-0.2, -0.15) is 0 Å². The molecule has 0 aliphatic heterocycles. The number of hydrogen-bond donors (Lipinski definition) is 1. The van der Waals surface area contributed by atoms with Crippen molar-refractivity contribution in [3.8, 4) is 0 Å². The Hall–Kier alpha value is -0.560. The highest BCUT2D eigenvalue weighted by Crippen LogP contribution is 2.44. The van der Waals surface area contributed by atoms with Gasteiger partial charge in [0.25, 0.3) is 0 Å². The summed E-state index contributed by atoms with van der Waals surface area (Å²) < 4.78 is 0. The lowest BCUT2D eigenvalue weighted by Crippen LogP contribution is -2.25. The minimum Gasteiger partial charge on any atom is -0.393 e. The maximum atomic E-state index is 9.67. The molecule has 0 unspecified atom stereocenters. The molecule has 0 spiro atoms. The highest BCUT2D eigenvalue weighted by Gasteiger charge is 2.33. The summed E-state index contributed by atoms with van der Waals surface area (Å²) in [4.78, 5) is 0. The fraction of sp³-hybridized carbons (Fsp3) is 0.733. The summed E-state index contributed by atoms with van der Waals surface area (Å²) >= 11 is 0. The Morgan fingerprint density at radius 2 is 2.06 bits per heavy atom. The number of hydrogen-bond acceptors (Lipinski definition) is 1. The number of rotatable bonds is 3. The molecule has 1 N–H and O–H groups in total. The maximum Gasteiger partial charge on any atom is 0.0597 e. The minimum absolute atomic E-state index is 0.132. The minimum atomic E-state index is -0.303. The highest BCUT2D eigenvalue weighted by atomic mass is 16.3. The number of allylic oxidation sites excluding steroid dienone is 3. The molecule has 1 heteroatoms. The van der Waals surface area contributed by atoms with Gasteiger partial charge in [0.15, 0.2) is 0 Å². The van der Waals surface area contributed by atoms with E-state index in [0.29, 0.717) is 5.92 Å². The van der Waals surface area contributed by atoms with E-state index in [-0.39, 0.29) is 16.9 Å². The maximum absolute atomic E-state index is 9.67. The molecule has 92 valence electrons. The molecule has 0 fully saturated rings. The van der Waals surface area contributed by atoms with E-state index in [1.165, 1.54) is 5.57 Å². The zero-order valence-electron chi connectivity index (χ0n) is 11.5. The van der Waals surface area contributed by atoms with Crippen LogP contribution in [0.4, 0.5) is 0 Å². The van der Waals surface area contributed by atoms with E-state index < -0.39 is 0 Å². The molecule has 0 saturated carbocycles. The summed E-state index contributed by atoms with van der Waals surface area (Å²) in [6, 6.07) is 0. The molecule has 0 saturated heterocycles. The van der Waals surface area contributed by atoms with Crippen LogP contribution in [0, 0.1) is 16.7 Å². The standard InChI is InChI=1S/C15H26O/c1-11-7-8-13(15(11,5)6)9-10-14(3,4)12(2)16/h7,9-10,12-13,16H,8H2,1-6H3/b10-9+/t12-,13-/m0/s1. The van der Waals surface area contributed by atoms with Crippen LogP contribution < -0.4 is 0 Å². The van der Waals surface area contributed by atoms with Gasteiger partial charge in [0.05, 0.1) is 6.10 Å². The molecule has 0 radical (unpaired) electrons. The smallest absolute Gasteiger partial charge is 0.0597 e. The van der Waals surface area contributed by atoms with Crippen LogP contribution in [-0.4, -0.2) is 11.2 Å². The third-order valence-electron chi connectivity index (χ3n) is 4.46. The average Bonchev–Trinajstić information content (AvgIpc) is 2.39. The molecular formula is C15H26O. The summed E-state index contributed by atoms with van der Waals surface area (Å²) in [5, 5.41) is 9.67. The van der Waals surface area contributed by atoms with Gasteiger partial charge >= 0.3 is 0 Å². The van der Waals surface area contributed by atoms with E-state index in [1.807, 2.05) is 6.92 Å². The van der Waals surface area contributed by atoms with Crippen LogP contribution in [0.5, 0.6) is 0 Å². The zero-order chi connectivity index (χ0) is 12.6. The molecule has 0 amide bonds. The van der Waals surface area contributed by atoms with Gasteiger partial charge in [-0.05, 0) is 31.6 Å². The van der Waals surface area contributed by atoms with Crippen LogP contribution in [0.25, 0.3) is 0 Å². The molecule has 0 bridgehead atoms. The monoisotopic (exact) mass is 222 g/mol. The van der Waals surface area contributed by atoms with Gasteiger partial charge in [-0.1, -0.05) is 51.5 Å². The molecule has 1 aliphatic carbocycles. The topological polar surface area (TPSA) is 20.2 Å². The molecule has 2 atom stereocenters. The predicted octanol–water partition coefficient (Wildman–Crippen LogP) is 3.94. The second-order valence-electron chi connectivity index (χ2n) is 6.31. The van der Waals surface area contributed by atoms with Crippen molar-refractivity contribution in [2.75, 3.05) is 0 Å². The van der Waals surface area contributed by atoms with Crippen molar-refractivity contribution >= 4 is 0 Å². The van der Waals surface area contributed by atoms with E-state index in [2.05, 4.69) is 52.8 Å². The van der Waals surface area contributed by atoms with Gasteiger partial charge in [-0.15, -0.1) is 0 Å². The summed E-state index contributed by atoms with van der Waals surface area (Å²) in [5.41, 5.74) is 1.62. The third kappa shape index (κ3) is 2.57. The van der Waals surface area contributed by atoms with Crippen molar-refractivity contribution in [1.29, 1.82) is 0 Å². The lowest BCUT2D eigenvalue weighted by molar-refractivity contribution is 0.0989. The normalized spacial score (nSPS) is 27.2. The van der Waals surface area contributed by atoms with Crippen molar-refractivity contribution < 1.29 is 5.11 Å². The van der Waals surface area contributed by atoms with E-state index >= 15 is 0 Å². The molecule has 1 rings (SSSR count). The molecule has 0 aromatic rings. The van der Waals surface area contributed by atoms with Crippen molar-refractivity contribution in [2.45, 2.75) is 54.1 Å². The molecule has 0 heterocycles. The average molecular weight is 222 g/mol. The van der Waals surface area contributed by atoms with Gasteiger partial charge in [-0.25, -0.2) is 0 Å². The van der Waals surface area contributed by atoms with Gasteiger partial charge < -0.3 is 5.11 Å². The van der Waals surface area contributed by atoms with Crippen molar-refractivity contribution in [3.05, 3.63) is 23.8 Å². The first-order chi connectivity index (χ1) is 7.18. The van der Waals surface area contributed by atoms with Gasteiger partial charge in [0.1, 0.15) is 0 Å². The van der Waals surface area contributed by atoms with Crippen LogP contribution in [0.3, 0.4) is 0 Å². The van der Waals surface area contributed by atoms with Gasteiger partial charge in [0, 0.05) is 5.41 Å².